The van der Waals surface area contributed by atoms with E-state index in [1.54, 1.807) is 0 Å². The van der Waals surface area contributed by atoms with Gasteiger partial charge in [-0.2, -0.15) is 0 Å². The molecule has 0 heterocycles. The first kappa shape index (κ1) is 23.4. The summed E-state index contributed by atoms with van der Waals surface area (Å²) < 4.78 is 6.59. The standard InChI is InChI=1S/C26H40NO2/c1-25(2,3)20-26(4,5)22-13-15-24(16-14-22)29-19-23(28)18-27(6,7)17-21-11-9-8-10-12-21/h8-16,23,28H,17-20H2,1-7H3/q+1/t23-/m0/s1. The largest absolute Gasteiger partial charge is 0.491 e. The molecule has 1 N–H and O–H groups in total. The zero-order valence-corrected chi connectivity index (χ0v) is 19.4. The van der Waals surface area contributed by atoms with Crippen LogP contribution in [0, 0.1) is 5.41 Å². The van der Waals surface area contributed by atoms with Gasteiger partial charge < -0.3 is 14.3 Å². The zero-order chi connectivity index (χ0) is 21.7. The number of benzene rings is 2. The van der Waals surface area contributed by atoms with Crippen molar-refractivity contribution < 1.29 is 14.3 Å². The molecule has 160 valence electrons. The fraction of sp³-hybridized carbons (Fsp3) is 0.538. The maximum Gasteiger partial charge on any atom is 0.137 e. The van der Waals surface area contributed by atoms with E-state index in [1.807, 2.05) is 18.2 Å². The second-order valence-electron chi connectivity index (χ2n) is 10.9. The molecule has 2 aromatic rings. The van der Waals surface area contributed by atoms with Crippen LogP contribution in [-0.4, -0.2) is 42.9 Å². The molecule has 0 saturated heterocycles. The summed E-state index contributed by atoms with van der Waals surface area (Å²) >= 11 is 0. The predicted molar refractivity (Wildman–Crippen MR) is 122 cm³/mol. The maximum atomic E-state index is 10.5. The molecule has 0 saturated carbocycles. The minimum atomic E-state index is -0.509. The molecular weight excluding hydrogens is 358 g/mol. The van der Waals surface area contributed by atoms with Crippen LogP contribution in [0.3, 0.4) is 0 Å². The summed E-state index contributed by atoms with van der Waals surface area (Å²) in [5, 5.41) is 10.5. The first-order valence-corrected chi connectivity index (χ1v) is 10.6. The molecule has 0 aromatic heterocycles. The van der Waals surface area contributed by atoms with Crippen LogP contribution >= 0.6 is 0 Å². The molecule has 0 radical (unpaired) electrons. The third-order valence-electron chi connectivity index (χ3n) is 5.21. The van der Waals surface area contributed by atoms with Crippen LogP contribution in [0.4, 0.5) is 0 Å². The monoisotopic (exact) mass is 398 g/mol. The molecule has 0 aliphatic carbocycles. The Morgan fingerprint density at radius 1 is 0.897 bits per heavy atom. The lowest BCUT2D eigenvalue weighted by Crippen LogP contribution is -2.46. The van der Waals surface area contributed by atoms with E-state index in [9.17, 15) is 5.11 Å². The first-order valence-electron chi connectivity index (χ1n) is 10.6. The summed E-state index contributed by atoms with van der Waals surface area (Å²) in [6.45, 7) is 13.3. The van der Waals surface area contributed by atoms with Crippen LogP contribution in [0.5, 0.6) is 5.75 Å². The van der Waals surface area contributed by atoms with Crippen LogP contribution < -0.4 is 4.74 Å². The number of rotatable bonds is 9. The fourth-order valence-corrected chi connectivity index (χ4v) is 4.39. The average Bonchev–Trinajstić information content (AvgIpc) is 2.58. The molecule has 0 spiro atoms. The zero-order valence-electron chi connectivity index (χ0n) is 19.4. The SMILES string of the molecule is CC(C)(C)CC(C)(C)c1ccc(OC[C@@H](O)C[N+](C)(C)Cc2ccccc2)cc1. The van der Waals surface area contributed by atoms with Gasteiger partial charge in [0.25, 0.3) is 0 Å². The van der Waals surface area contributed by atoms with E-state index in [0.29, 0.717) is 17.6 Å². The quantitative estimate of drug-likeness (QED) is 0.572. The van der Waals surface area contributed by atoms with E-state index in [-0.39, 0.29) is 10.8 Å². The van der Waals surface area contributed by atoms with E-state index >= 15 is 0 Å². The van der Waals surface area contributed by atoms with Crippen molar-refractivity contribution in [2.75, 3.05) is 27.2 Å². The van der Waals surface area contributed by atoms with Crippen molar-refractivity contribution in [2.24, 2.45) is 5.41 Å². The first-order chi connectivity index (χ1) is 13.4. The van der Waals surface area contributed by atoms with Gasteiger partial charge in [-0.15, -0.1) is 0 Å². The number of nitrogens with zero attached hydrogens (tertiary/aromatic N) is 1. The van der Waals surface area contributed by atoms with Gasteiger partial charge in [0, 0.05) is 5.56 Å². The molecule has 2 aromatic carbocycles. The second-order valence-corrected chi connectivity index (χ2v) is 10.9. The number of hydrogen-bond donors (Lipinski definition) is 1. The van der Waals surface area contributed by atoms with E-state index < -0.39 is 6.10 Å². The molecule has 0 bridgehead atoms. The molecule has 0 aliphatic rings. The highest BCUT2D eigenvalue weighted by Gasteiger charge is 2.27. The summed E-state index contributed by atoms with van der Waals surface area (Å²) in [4.78, 5) is 0. The van der Waals surface area contributed by atoms with Gasteiger partial charge >= 0.3 is 0 Å². The Labute approximate surface area is 177 Å². The molecule has 3 nitrogen and oxygen atoms in total. The van der Waals surface area contributed by atoms with Gasteiger partial charge in [-0.3, -0.25) is 0 Å². The number of hydrogen-bond acceptors (Lipinski definition) is 2. The normalized spacial score (nSPS) is 13.9. The lowest BCUT2D eigenvalue weighted by atomic mass is 9.72. The van der Waals surface area contributed by atoms with Crippen molar-refractivity contribution in [3.63, 3.8) is 0 Å². The third-order valence-corrected chi connectivity index (χ3v) is 5.21. The molecular formula is C26H40NO2+. The lowest BCUT2D eigenvalue weighted by Gasteiger charge is -2.33. The Kier molecular flexibility index (Phi) is 7.53. The predicted octanol–water partition coefficient (Wildman–Crippen LogP) is 5.42. The number of ether oxygens (including phenoxy) is 1. The van der Waals surface area contributed by atoms with Crippen LogP contribution in [0.25, 0.3) is 0 Å². The van der Waals surface area contributed by atoms with Crippen molar-refractivity contribution in [1.82, 2.24) is 0 Å². The van der Waals surface area contributed by atoms with Gasteiger partial charge in [0.1, 0.15) is 31.5 Å². The Hall–Kier alpha value is -1.84. The van der Waals surface area contributed by atoms with Crippen molar-refractivity contribution in [2.45, 2.75) is 59.1 Å². The minimum Gasteiger partial charge on any atom is -0.491 e. The summed E-state index contributed by atoms with van der Waals surface area (Å²) in [5.41, 5.74) is 3.00. The van der Waals surface area contributed by atoms with Crippen molar-refractivity contribution in [3.05, 3.63) is 65.7 Å². The third kappa shape index (κ3) is 8.20. The van der Waals surface area contributed by atoms with Crippen LogP contribution in [0.1, 0.15) is 52.2 Å². The second kappa shape index (κ2) is 9.32. The highest BCUT2D eigenvalue weighted by Crippen LogP contribution is 2.36. The van der Waals surface area contributed by atoms with Gasteiger partial charge in [0.2, 0.25) is 0 Å². The molecule has 1 atom stereocenters. The summed E-state index contributed by atoms with van der Waals surface area (Å²) in [6.07, 6.45) is 0.610. The molecule has 0 amide bonds. The fourth-order valence-electron chi connectivity index (χ4n) is 4.39. The van der Waals surface area contributed by atoms with E-state index in [0.717, 1.165) is 18.7 Å². The Bertz CT molecular complexity index is 743. The van der Waals surface area contributed by atoms with E-state index in [4.69, 9.17) is 4.74 Å². The van der Waals surface area contributed by atoms with Gasteiger partial charge in [-0.25, -0.2) is 0 Å². The highest BCUT2D eigenvalue weighted by atomic mass is 16.5. The smallest absolute Gasteiger partial charge is 0.137 e. The van der Waals surface area contributed by atoms with E-state index in [1.165, 1.54) is 11.1 Å². The molecule has 0 aliphatic heterocycles. The van der Waals surface area contributed by atoms with Crippen LogP contribution in [0.15, 0.2) is 54.6 Å². The van der Waals surface area contributed by atoms with Crippen LogP contribution in [-0.2, 0) is 12.0 Å². The highest BCUT2D eigenvalue weighted by molar-refractivity contribution is 5.31. The van der Waals surface area contributed by atoms with Gasteiger partial charge in [0.05, 0.1) is 14.1 Å². The van der Waals surface area contributed by atoms with Gasteiger partial charge in [-0.1, -0.05) is 77.1 Å². The van der Waals surface area contributed by atoms with Gasteiger partial charge in [0.15, 0.2) is 0 Å². The minimum absolute atomic E-state index is 0.120. The van der Waals surface area contributed by atoms with Crippen molar-refractivity contribution in [1.29, 1.82) is 0 Å². The Morgan fingerprint density at radius 3 is 2.03 bits per heavy atom. The Morgan fingerprint density at radius 2 is 1.48 bits per heavy atom. The number of aliphatic hydroxyl groups is 1. The molecule has 29 heavy (non-hydrogen) atoms. The Balaban J connectivity index is 1.87. The van der Waals surface area contributed by atoms with Gasteiger partial charge in [-0.05, 0) is 34.9 Å². The summed E-state index contributed by atoms with van der Waals surface area (Å²) in [5.74, 6) is 0.813. The van der Waals surface area contributed by atoms with Crippen molar-refractivity contribution in [3.8, 4) is 5.75 Å². The number of likely N-dealkylation sites (N-methyl/N-ethyl adjacent to an activating group) is 1. The van der Waals surface area contributed by atoms with Crippen molar-refractivity contribution >= 4 is 0 Å². The lowest BCUT2D eigenvalue weighted by molar-refractivity contribution is -0.906. The molecule has 0 unspecified atom stereocenters. The average molecular weight is 399 g/mol. The van der Waals surface area contributed by atoms with E-state index in [2.05, 4.69) is 85.1 Å². The summed E-state index contributed by atoms with van der Waals surface area (Å²) in [6, 6.07) is 18.8. The number of quaternary nitrogens is 1. The maximum absolute atomic E-state index is 10.5. The van der Waals surface area contributed by atoms with Crippen LogP contribution in [0.2, 0.25) is 0 Å². The number of aliphatic hydroxyl groups excluding tert-OH is 1. The summed E-state index contributed by atoms with van der Waals surface area (Å²) in [7, 11) is 4.28. The molecule has 3 heteroatoms. The topological polar surface area (TPSA) is 29.5 Å². The molecule has 2 rings (SSSR count). The molecule has 0 fully saturated rings.